The average molecular weight is 267 g/mol. The molecule has 0 aliphatic heterocycles. The zero-order valence-corrected chi connectivity index (χ0v) is 11.9. The second-order valence-corrected chi connectivity index (χ2v) is 4.83. The van der Waals surface area contributed by atoms with Gasteiger partial charge in [0.05, 0.1) is 5.69 Å². The number of hydrogen-bond donors (Lipinski definition) is 1. The molecule has 0 aromatic heterocycles. The van der Waals surface area contributed by atoms with Crippen LogP contribution in [0.3, 0.4) is 0 Å². The number of para-hydroxylation sites is 1. The Morgan fingerprint density at radius 2 is 1.35 bits per heavy atom. The molecule has 2 aromatic carbocycles. The minimum Gasteiger partial charge on any atom is -0.354 e. The van der Waals surface area contributed by atoms with E-state index in [4.69, 9.17) is 0 Å². The lowest BCUT2D eigenvalue weighted by molar-refractivity contribution is 0.101. The van der Waals surface area contributed by atoms with Crippen LogP contribution in [0.2, 0.25) is 0 Å². The molecule has 2 aromatic rings. The summed E-state index contributed by atoms with van der Waals surface area (Å²) >= 11 is 0. The molecule has 3 heteroatoms. The Hall–Kier alpha value is -2.42. The van der Waals surface area contributed by atoms with Crippen molar-refractivity contribution in [1.82, 2.24) is 0 Å². The third kappa shape index (κ3) is 2.94. The van der Waals surface area contributed by atoms with Gasteiger partial charge in [0, 0.05) is 16.8 Å². The largest absolute Gasteiger partial charge is 0.354 e. The van der Waals surface area contributed by atoms with Gasteiger partial charge in [0.15, 0.2) is 11.6 Å². The molecule has 0 aliphatic rings. The van der Waals surface area contributed by atoms with Crippen molar-refractivity contribution in [2.24, 2.45) is 0 Å². The van der Waals surface area contributed by atoms with Gasteiger partial charge in [0.25, 0.3) is 0 Å². The molecule has 0 heterocycles. The number of benzene rings is 2. The van der Waals surface area contributed by atoms with Crippen molar-refractivity contribution in [2.75, 3.05) is 5.32 Å². The van der Waals surface area contributed by atoms with Crippen LogP contribution < -0.4 is 5.32 Å². The summed E-state index contributed by atoms with van der Waals surface area (Å²) in [6, 6.07) is 13.0. The number of anilines is 2. The second-order valence-electron chi connectivity index (χ2n) is 4.83. The van der Waals surface area contributed by atoms with Gasteiger partial charge in [0.1, 0.15) is 0 Å². The molecule has 1 N–H and O–H groups in total. The average Bonchev–Trinajstić information content (AvgIpc) is 2.41. The fourth-order valence-electron chi connectivity index (χ4n) is 2.05. The zero-order valence-electron chi connectivity index (χ0n) is 11.9. The van der Waals surface area contributed by atoms with Gasteiger partial charge in [-0.15, -0.1) is 0 Å². The molecule has 0 radical (unpaired) electrons. The molecule has 0 amide bonds. The van der Waals surface area contributed by atoms with Crippen LogP contribution in [0.5, 0.6) is 0 Å². The number of aryl methyl sites for hydroxylation is 1. The summed E-state index contributed by atoms with van der Waals surface area (Å²) in [5, 5.41) is 3.19. The number of hydrogen-bond acceptors (Lipinski definition) is 3. The third-order valence-electron chi connectivity index (χ3n) is 3.14. The summed E-state index contributed by atoms with van der Waals surface area (Å²) in [4.78, 5) is 23.5. The molecule has 0 fully saturated rings. The Morgan fingerprint density at radius 3 is 1.80 bits per heavy atom. The van der Waals surface area contributed by atoms with E-state index in [9.17, 15) is 9.59 Å². The predicted molar refractivity (Wildman–Crippen MR) is 80.9 cm³/mol. The lowest BCUT2D eigenvalue weighted by Crippen LogP contribution is -2.06. The zero-order chi connectivity index (χ0) is 14.7. The molecule has 0 bridgehead atoms. The van der Waals surface area contributed by atoms with Crippen LogP contribution in [0.15, 0.2) is 42.5 Å². The molecule has 2 rings (SSSR count). The molecular formula is C17H17NO2. The Balaban J connectivity index is 2.50. The van der Waals surface area contributed by atoms with Gasteiger partial charge in [-0.05, 0) is 45.0 Å². The first-order valence-corrected chi connectivity index (χ1v) is 6.47. The van der Waals surface area contributed by atoms with Crippen LogP contribution in [0.25, 0.3) is 0 Å². The Bertz CT molecular complexity index is 625. The molecule has 0 aliphatic carbocycles. The van der Waals surface area contributed by atoms with Crippen molar-refractivity contribution in [3.8, 4) is 0 Å². The summed E-state index contributed by atoms with van der Waals surface area (Å²) in [6.07, 6.45) is 0. The van der Waals surface area contributed by atoms with E-state index in [1.807, 2.05) is 31.2 Å². The highest BCUT2D eigenvalue weighted by atomic mass is 16.1. The fraction of sp³-hybridized carbons (Fsp3) is 0.176. The Kier molecular flexibility index (Phi) is 3.99. The smallest absolute Gasteiger partial charge is 0.161 e. The first kappa shape index (κ1) is 14.0. The van der Waals surface area contributed by atoms with Crippen LogP contribution in [0.4, 0.5) is 11.4 Å². The molecule has 102 valence electrons. The maximum absolute atomic E-state index is 11.7. The highest BCUT2D eigenvalue weighted by Gasteiger charge is 2.14. The lowest BCUT2D eigenvalue weighted by Gasteiger charge is -2.14. The van der Waals surface area contributed by atoms with Crippen molar-refractivity contribution >= 4 is 22.9 Å². The molecule has 0 saturated heterocycles. The van der Waals surface area contributed by atoms with Gasteiger partial charge in [-0.25, -0.2) is 0 Å². The van der Waals surface area contributed by atoms with E-state index >= 15 is 0 Å². The SMILES string of the molecule is CC(=O)c1cccc(C(C)=O)c1Nc1ccc(C)cc1. The molecule has 0 unspecified atom stereocenters. The van der Waals surface area contributed by atoms with E-state index < -0.39 is 0 Å². The summed E-state index contributed by atoms with van der Waals surface area (Å²) in [5.41, 5.74) is 3.64. The first-order chi connectivity index (χ1) is 9.49. The van der Waals surface area contributed by atoms with Gasteiger partial charge in [-0.1, -0.05) is 23.8 Å². The third-order valence-corrected chi connectivity index (χ3v) is 3.14. The van der Waals surface area contributed by atoms with Crippen LogP contribution >= 0.6 is 0 Å². The highest BCUT2D eigenvalue weighted by Crippen LogP contribution is 2.26. The maximum Gasteiger partial charge on any atom is 0.161 e. The Labute approximate surface area is 118 Å². The monoisotopic (exact) mass is 267 g/mol. The molecule has 20 heavy (non-hydrogen) atoms. The number of ketones is 2. The quantitative estimate of drug-likeness (QED) is 0.847. The minimum absolute atomic E-state index is 0.0669. The number of carbonyl (C=O) groups is 2. The molecule has 0 saturated carbocycles. The fourth-order valence-corrected chi connectivity index (χ4v) is 2.05. The van der Waals surface area contributed by atoms with E-state index in [1.54, 1.807) is 18.2 Å². The summed E-state index contributed by atoms with van der Waals surface area (Å²) in [5.74, 6) is -0.134. The standard InChI is InChI=1S/C17H17NO2/c1-11-7-9-14(10-8-11)18-17-15(12(2)19)5-4-6-16(17)13(3)20/h4-10,18H,1-3H3. The molecule has 3 nitrogen and oxygen atoms in total. The normalized spacial score (nSPS) is 10.2. The molecular weight excluding hydrogens is 250 g/mol. The van der Waals surface area contributed by atoms with E-state index in [-0.39, 0.29) is 11.6 Å². The van der Waals surface area contributed by atoms with E-state index in [0.717, 1.165) is 11.3 Å². The van der Waals surface area contributed by atoms with Crippen molar-refractivity contribution in [3.05, 3.63) is 59.2 Å². The lowest BCUT2D eigenvalue weighted by atomic mass is 10.0. The number of rotatable bonds is 4. The summed E-state index contributed by atoms with van der Waals surface area (Å²) in [6.45, 7) is 5.01. The minimum atomic E-state index is -0.0669. The van der Waals surface area contributed by atoms with Gasteiger partial charge >= 0.3 is 0 Å². The number of nitrogens with one attached hydrogen (secondary N) is 1. The first-order valence-electron chi connectivity index (χ1n) is 6.47. The van der Waals surface area contributed by atoms with Gasteiger partial charge in [-0.2, -0.15) is 0 Å². The predicted octanol–water partition coefficient (Wildman–Crippen LogP) is 4.14. The van der Waals surface area contributed by atoms with Crippen LogP contribution in [-0.4, -0.2) is 11.6 Å². The van der Waals surface area contributed by atoms with Crippen molar-refractivity contribution < 1.29 is 9.59 Å². The Morgan fingerprint density at radius 1 is 0.850 bits per heavy atom. The van der Waals surface area contributed by atoms with Gasteiger partial charge < -0.3 is 5.32 Å². The van der Waals surface area contributed by atoms with Crippen molar-refractivity contribution in [1.29, 1.82) is 0 Å². The number of Topliss-reactive ketones (excluding diaryl/α,β-unsaturated/α-hetero) is 2. The van der Waals surface area contributed by atoms with Gasteiger partial charge in [-0.3, -0.25) is 9.59 Å². The molecule has 0 atom stereocenters. The highest BCUT2D eigenvalue weighted by molar-refractivity contribution is 6.08. The van der Waals surface area contributed by atoms with E-state index in [2.05, 4.69) is 5.32 Å². The number of carbonyl (C=O) groups excluding carboxylic acids is 2. The van der Waals surface area contributed by atoms with E-state index in [1.165, 1.54) is 13.8 Å². The van der Waals surface area contributed by atoms with Crippen molar-refractivity contribution in [3.63, 3.8) is 0 Å². The van der Waals surface area contributed by atoms with Crippen LogP contribution in [0, 0.1) is 6.92 Å². The summed E-state index contributed by atoms with van der Waals surface area (Å²) in [7, 11) is 0. The van der Waals surface area contributed by atoms with Gasteiger partial charge in [0.2, 0.25) is 0 Å². The van der Waals surface area contributed by atoms with E-state index in [0.29, 0.717) is 16.8 Å². The maximum atomic E-state index is 11.7. The summed E-state index contributed by atoms with van der Waals surface area (Å²) < 4.78 is 0. The topological polar surface area (TPSA) is 46.2 Å². The molecule has 0 spiro atoms. The second kappa shape index (κ2) is 5.70. The van der Waals surface area contributed by atoms with Crippen LogP contribution in [-0.2, 0) is 0 Å². The van der Waals surface area contributed by atoms with Crippen LogP contribution in [0.1, 0.15) is 40.1 Å². The van der Waals surface area contributed by atoms with Crippen molar-refractivity contribution in [2.45, 2.75) is 20.8 Å².